The summed E-state index contributed by atoms with van der Waals surface area (Å²) < 4.78 is 4.02. The Morgan fingerprint density at radius 1 is 1.25 bits per heavy atom. The lowest BCUT2D eigenvalue weighted by Gasteiger charge is -2.09. The third-order valence-electron chi connectivity index (χ3n) is 3.82. The molecule has 2 aromatic heterocycles. The van der Waals surface area contributed by atoms with Crippen LogP contribution in [0.25, 0.3) is 11.8 Å². The summed E-state index contributed by atoms with van der Waals surface area (Å²) in [5.74, 6) is 0.563. The fourth-order valence-electron chi connectivity index (χ4n) is 2.48. The first-order valence-corrected chi connectivity index (χ1v) is 9.92. The molecule has 0 aliphatic carbocycles. The average molecular weight is 524 g/mol. The van der Waals surface area contributed by atoms with Gasteiger partial charge in [0.1, 0.15) is 4.47 Å². The second-order valence-corrected chi connectivity index (χ2v) is 7.44. The topological polar surface area (TPSA) is 78.7 Å². The minimum absolute atomic E-state index is 0. The minimum atomic E-state index is -0.0931. The first-order valence-electron chi connectivity index (χ1n) is 8.14. The van der Waals surface area contributed by atoms with E-state index in [4.69, 9.17) is 5.73 Å². The number of allylic oxidation sites excluding steroid dienone is 2. The van der Waals surface area contributed by atoms with Gasteiger partial charge < -0.3 is 22.7 Å². The fraction of sp³-hybridized carbons (Fsp3) is 0.105. The van der Waals surface area contributed by atoms with Crippen LogP contribution in [0.4, 0.5) is 0 Å². The van der Waals surface area contributed by atoms with Crippen LogP contribution < -0.4 is 28.3 Å². The van der Waals surface area contributed by atoms with Gasteiger partial charge in [0.2, 0.25) is 0 Å². The highest BCUT2D eigenvalue weighted by molar-refractivity contribution is 9.10. The van der Waals surface area contributed by atoms with Crippen molar-refractivity contribution in [3.63, 3.8) is 0 Å². The van der Waals surface area contributed by atoms with E-state index in [1.165, 1.54) is 11.8 Å². The number of rotatable bonds is 6. The van der Waals surface area contributed by atoms with Crippen molar-refractivity contribution in [3.05, 3.63) is 92.1 Å². The molecule has 0 saturated carbocycles. The molecule has 0 spiro atoms. The van der Waals surface area contributed by atoms with Crippen molar-refractivity contribution in [2.24, 2.45) is 12.8 Å². The molecule has 0 fully saturated rings. The van der Waals surface area contributed by atoms with Crippen LogP contribution in [-0.4, -0.2) is 19.6 Å². The Morgan fingerprint density at radius 3 is 2.68 bits per heavy atom. The zero-order valence-electron chi connectivity index (χ0n) is 15.0. The summed E-state index contributed by atoms with van der Waals surface area (Å²) in [6, 6.07) is 13.2. The Balaban J connectivity index is 0.00000280. The molecule has 0 amide bonds. The number of halogens is 2. The standard InChI is InChI=1S/C19H18BrN5OS.BrH/c1-24-16(18(20)19(26)25(24)15-9-3-2-4-10-15)13-27-17(21)11-5-7-14-8-6-12-22-23-14;/h2-12H,13,21H2,1H3;1H/p-1. The van der Waals surface area contributed by atoms with Crippen molar-refractivity contribution in [1.29, 1.82) is 0 Å². The highest BCUT2D eigenvalue weighted by Crippen LogP contribution is 2.23. The van der Waals surface area contributed by atoms with E-state index < -0.39 is 0 Å². The average Bonchev–Trinajstić information content (AvgIpc) is 2.90. The Bertz CT molecular complexity index is 1030. The summed E-state index contributed by atoms with van der Waals surface area (Å²) in [6.45, 7) is 0. The minimum Gasteiger partial charge on any atom is -1.00 e. The van der Waals surface area contributed by atoms with Crippen molar-refractivity contribution in [3.8, 4) is 5.69 Å². The van der Waals surface area contributed by atoms with Crippen LogP contribution in [0.3, 0.4) is 0 Å². The summed E-state index contributed by atoms with van der Waals surface area (Å²) in [5.41, 5.74) is 8.42. The quantitative estimate of drug-likeness (QED) is 0.475. The molecule has 0 aliphatic heterocycles. The van der Waals surface area contributed by atoms with Crippen molar-refractivity contribution in [2.75, 3.05) is 0 Å². The monoisotopic (exact) mass is 522 g/mol. The van der Waals surface area contributed by atoms with E-state index >= 15 is 0 Å². The number of aromatic nitrogens is 4. The highest BCUT2D eigenvalue weighted by Gasteiger charge is 2.16. The highest BCUT2D eigenvalue weighted by atomic mass is 79.9. The van der Waals surface area contributed by atoms with E-state index in [1.54, 1.807) is 17.0 Å². The van der Waals surface area contributed by atoms with Crippen molar-refractivity contribution in [1.82, 2.24) is 19.6 Å². The van der Waals surface area contributed by atoms with Gasteiger partial charge in [0.25, 0.3) is 5.56 Å². The van der Waals surface area contributed by atoms with Crippen molar-refractivity contribution >= 4 is 33.8 Å². The molecule has 6 nitrogen and oxygen atoms in total. The molecule has 0 aliphatic rings. The van der Waals surface area contributed by atoms with E-state index in [2.05, 4.69) is 26.1 Å². The first-order chi connectivity index (χ1) is 13.1. The van der Waals surface area contributed by atoms with Gasteiger partial charge >= 0.3 is 0 Å². The van der Waals surface area contributed by atoms with E-state index in [0.29, 0.717) is 15.3 Å². The normalized spacial score (nSPS) is 11.6. The molecule has 0 unspecified atom stereocenters. The molecule has 1 aromatic carbocycles. The molecular formula is C19H18Br2N5OS-. The second kappa shape index (κ2) is 10.4. The van der Waals surface area contributed by atoms with E-state index in [9.17, 15) is 4.79 Å². The summed E-state index contributed by atoms with van der Waals surface area (Å²) in [4.78, 5) is 12.6. The molecule has 0 radical (unpaired) electrons. The maximum absolute atomic E-state index is 12.6. The summed E-state index contributed by atoms with van der Waals surface area (Å²) in [5, 5.41) is 8.43. The number of nitrogens with zero attached hydrogens (tertiary/aromatic N) is 4. The number of nitrogens with two attached hydrogens (primary N) is 1. The van der Waals surface area contributed by atoms with E-state index in [0.717, 1.165) is 17.1 Å². The molecule has 0 saturated heterocycles. The molecule has 0 bridgehead atoms. The molecule has 146 valence electrons. The maximum atomic E-state index is 12.6. The molecule has 2 heterocycles. The van der Waals surface area contributed by atoms with E-state index in [-0.39, 0.29) is 22.5 Å². The van der Waals surface area contributed by atoms with Crippen LogP contribution in [0.1, 0.15) is 11.4 Å². The fourth-order valence-corrected chi connectivity index (χ4v) is 4.04. The zero-order chi connectivity index (χ0) is 19.2. The number of hydrogen-bond donors (Lipinski definition) is 1. The molecule has 2 N–H and O–H groups in total. The first kappa shape index (κ1) is 22.2. The number of para-hydroxylation sites is 1. The molecule has 9 heteroatoms. The predicted molar refractivity (Wildman–Crippen MR) is 113 cm³/mol. The van der Waals surface area contributed by atoms with Gasteiger partial charge in [0, 0.05) is 19.0 Å². The Morgan fingerprint density at radius 2 is 2.00 bits per heavy atom. The van der Waals surface area contributed by atoms with E-state index in [1.807, 2.05) is 66.3 Å². The molecule has 3 aromatic rings. The van der Waals surface area contributed by atoms with Crippen LogP contribution in [0.5, 0.6) is 0 Å². The second-order valence-electron chi connectivity index (χ2n) is 5.60. The number of benzene rings is 1. The van der Waals surface area contributed by atoms with Crippen LogP contribution in [0, 0.1) is 0 Å². The lowest BCUT2D eigenvalue weighted by atomic mass is 10.3. The number of thioether (sulfide) groups is 1. The summed E-state index contributed by atoms with van der Waals surface area (Å²) >= 11 is 4.88. The SMILES string of the molecule is Cn1c(CSC(N)=CC=Cc2cccnn2)c(Br)c(=O)n1-c1ccccc1.[Br-]. The number of hydrogen-bond acceptors (Lipinski definition) is 5. The molecular weight excluding hydrogens is 506 g/mol. The van der Waals surface area contributed by atoms with Gasteiger partial charge in [-0.1, -0.05) is 24.3 Å². The molecule has 28 heavy (non-hydrogen) atoms. The smallest absolute Gasteiger partial charge is 0.286 e. The van der Waals surface area contributed by atoms with Gasteiger partial charge in [-0.25, -0.2) is 4.68 Å². The van der Waals surface area contributed by atoms with Gasteiger partial charge in [-0.2, -0.15) is 10.2 Å². The van der Waals surface area contributed by atoms with Gasteiger partial charge in [0.15, 0.2) is 0 Å². The van der Waals surface area contributed by atoms with Crippen LogP contribution >= 0.6 is 27.7 Å². The lowest BCUT2D eigenvalue weighted by molar-refractivity contribution is -0.00000553. The predicted octanol–water partition coefficient (Wildman–Crippen LogP) is 0.479. The summed E-state index contributed by atoms with van der Waals surface area (Å²) in [7, 11) is 1.86. The third-order valence-corrected chi connectivity index (χ3v) is 5.50. The zero-order valence-corrected chi connectivity index (χ0v) is 19.0. The van der Waals surface area contributed by atoms with Gasteiger partial charge in [-0.3, -0.25) is 9.48 Å². The van der Waals surface area contributed by atoms with Crippen molar-refractivity contribution in [2.45, 2.75) is 5.75 Å². The Labute approximate surface area is 186 Å². The van der Waals surface area contributed by atoms with Crippen LogP contribution in [0.2, 0.25) is 0 Å². The van der Waals surface area contributed by atoms with Crippen LogP contribution in [0.15, 0.2) is 75.1 Å². The maximum Gasteiger partial charge on any atom is 0.286 e. The van der Waals surface area contributed by atoms with Crippen LogP contribution in [-0.2, 0) is 12.8 Å². The van der Waals surface area contributed by atoms with Gasteiger partial charge in [-0.05, 0) is 52.3 Å². The van der Waals surface area contributed by atoms with Gasteiger partial charge in [-0.15, -0.1) is 11.8 Å². The Hall–Kier alpha value is -2.10. The molecule has 0 atom stereocenters. The summed E-state index contributed by atoms with van der Waals surface area (Å²) in [6.07, 6.45) is 7.09. The van der Waals surface area contributed by atoms with Crippen molar-refractivity contribution < 1.29 is 17.0 Å². The third kappa shape index (κ3) is 5.24. The lowest BCUT2D eigenvalue weighted by Crippen LogP contribution is -3.00. The van der Waals surface area contributed by atoms with Gasteiger partial charge in [0.05, 0.1) is 22.1 Å². The molecule has 3 rings (SSSR count). The largest absolute Gasteiger partial charge is 1.00 e. The Kier molecular flexibility index (Phi) is 8.28.